The molecule has 0 aliphatic carbocycles. The summed E-state index contributed by atoms with van der Waals surface area (Å²) in [5, 5.41) is 8.12. The zero-order valence-electron chi connectivity index (χ0n) is 17.6. The molecule has 2 aromatic carbocycles. The van der Waals surface area contributed by atoms with Crippen molar-refractivity contribution in [2.45, 2.75) is 6.92 Å². The summed E-state index contributed by atoms with van der Waals surface area (Å²) in [6.07, 6.45) is 1.55. The van der Waals surface area contributed by atoms with Crippen LogP contribution in [0.5, 0.6) is 5.75 Å². The number of fused-ring (bicyclic) bond motifs is 1. The Bertz CT molecular complexity index is 1040. The number of nitrogens with one attached hydrogen (secondary N) is 2. The van der Waals surface area contributed by atoms with Gasteiger partial charge in [-0.15, -0.1) is 0 Å². The number of carbonyl (C=O) groups is 1. The molecule has 0 bridgehead atoms. The Morgan fingerprint density at radius 2 is 1.97 bits per heavy atom. The number of aromatic nitrogens is 2. The number of benzene rings is 2. The molecular weight excluding hydrogens is 394 g/mol. The zero-order chi connectivity index (χ0) is 21.5. The summed E-state index contributed by atoms with van der Waals surface area (Å²) in [4.78, 5) is 23.8. The lowest BCUT2D eigenvalue weighted by Crippen LogP contribution is -2.36. The molecule has 31 heavy (non-hydrogen) atoms. The first kappa shape index (κ1) is 20.9. The van der Waals surface area contributed by atoms with Crippen LogP contribution in [0.1, 0.15) is 17.3 Å². The molecule has 0 spiro atoms. The summed E-state index contributed by atoms with van der Waals surface area (Å²) < 4.78 is 11.1. The van der Waals surface area contributed by atoms with E-state index in [1.165, 1.54) is 0 Å². The van der Waals surface area contributed by atoms with Crippen LogP contribution in [-0.2, 0) is 4.74 Å². The van der Waals surface area contributed by atoms with Crippen molar-refractivity contribution >= 4 is 28.3 Å². The van der Waals surface area contributed by atoms with Crippen LogP contribution in [0.2, 0.25) is 0 Å². The van der Waals surface area contributed by atoms with Crippen molar-refractivity contribution in [1.29, 1.82) is 0 Å². The van der Waals surface area contributed by atoms with E-state index in [0.717, 1.165) is 35.5 Å². The van der Waals surface area contributed by atoms with Gasteiger partial charge in [0, 0.05) is 32.2 Å². The average Bonchev–Trinajstić information content (AvgIpc) is 2.82. The molecule has 2 N–H and O–H groups in total. The van der Waals surface area contributed by atoms with E-state index in [4.69, 9.17) is 9.47 Å². The van der Waals surface area contributed by atoms with Crippen molar-refractivity contribution in [2.24, 2.45) is 0 Å². The van der Waals surface area contributed by atoms with Crippen LogP contribution in [0, 0.1) is 0 Å². The highest BCUT2D eigenvalue weighted by molar-refractivity contribution is 6.09. The van der Waals surface area contributed by atoms with Crippen LogP contribution in [-0.4, -0.2) is 61.9 Å². The maximum atomic E-state index is 13.0. The van der Waals surface area contributed by atoms with Gasteiger partial charge in [0.05, 0.1) is 25.4 Å². The van der Waals surface area contributed by atoms with Crippen molar-refractivity contribution in [2.75, 3.05) is 56.2 Å². The second-order valence-electron chi connectivity index (χ2n) is 7.14. The summed E-state index contributed by atoms with van der Waals surface area (Å²) in [6.45, 7) is 6.45. The number of carbonyl (C=O) groups excluding carboxylic acids is 1. The lowest BCUT2D eigenvalue weighted by molar-refractivity contribution is 0.0953. The minimum absolute atomic E-state index is 0.154. The Kier molecular flexibility index (Phi) is 6.78. The van der Waals surface area contributed by atoms with E-state index in [1.807, 2.05) is 49.4 Å². The average molecular weight is 422 g/mol. The molecule has 1 amide bonds. The molecule has 8 heteroatoms. The predicted octanol–water partition coefficient (Wildman–Crippen LogP) is 2.71. The quantitative estimate of drug-likeness (QED) is 0.541. The van der Waals surface area contributed by atoms with Gasteiger partial charge in [-0.1, -0.05) is 30.3 Å². The van der Waals surface area contributed by atoms with Gasteiger partial charge in [-0.25, -0.2) is 9.97 Å². The molecule has 8 nitrogen and oxygen atoms in total. The zero-order valence-corrected chi connectivity index (χ0v) is 17.6. The minimum atomic E-state index is -0.154. The van der Waals surface area contributed by atoms with Crippen molar-refractivity contribution in [3.05, 3.63) is 54.4 Å². The first-order chi connectivity index (χ1) is 15.3. The minimum Gasteiger partial charge on any atom is -0.493 e. The topological polar surface area (TPSA) is 88.6 Å². The summed E-state index contributed by atoms with van der Waals surface area (Å²) in [5.41, 5.74) is 0.566. The lowest BCUT2D eigenvalue weighted by Gasteiger charge is -2.27. The number of hydrogen-bond donors (Lipinski definition) is 2. The van der Waals surface area contributed by atoms with E-state index in [-0.39, 0.29) is 5.91 Å². The largest absolute Gasteiger partial charge is 0.493 e. The normalized spacial score (nSPS) is 13.8. The molecule has 1 saturated heterocycles. The molecule has 0 unspecified atom stereocenters. The van der Waals surface area contributed by atoms with Gasteiger partial charge >= 0.3 is 0 Å². The highest BCUT2D eigenvalue weighted by Gasteiger charge is 2.16. The van der Waals surface area contributed by atoms with E-state index >= 15 is 0 Å². The number of ether oxygens (including phenoxy) is 2. The van der Waals surface area contributed by atoms with Crippen molar-refractivity contribution < 1.29 is 14.3 Å². The molecule has 1 fully saturated rings. The molecule has 0 atom stereocenters. The number of amides is 1. The second kappa shape index (κ2) is 10.1. The highest BCUT2D eigenvalue weighted by Crippen LogP contribution is 2.28. The van der Waals surface area contributed by atoms with Gasteiger partial charge in [0.1, 0.15) is 23.7 Å². The van der Waals surface area contributed by atoms with Gasteiger partial charge in [-0.05, 0) is 23.8 Å². The Morgan fingerprint density at radius 3 is 2.81 bits per heavy atom. The number of rotatable bonds is 8. The number of anilines is 2. The molecule has 1 aliphatic rings. The van der Waals surface area contributed by atoms with Gasteiger partial charge < -0.3 is 25.0 Å². The van der Waals surface area contributed by atoms with Crippen molar-refractivity contribution in [3.8, 4) is 5.75 Å². The van der Waals surface area contributed by atoms with Gasteiger partial charge in [0.15, 0.2) is 0 Å². The molecule has 1 aliphatic heterocycles. The van der Waals surface area contributed by atoms with Crippen LogP contribution >= 0.6 is 0 Å². The van der Waals surface area contributed by atoms with E-state index in [2.05, 4.69) is 25.5 Å². The maximum Gasteiger partial charge on any atom is 0.255 e. The van der Waals surface area contributed by atoms with Gasteiger partial charge in [-0.2, -0.15) is 0 Å². The summed E-state index contributed by atoms with van der Waals surface area (Å²) in [6, 6.07) is 13.6. The molecule has 2 heterocycles. The van der Waals surface area contributed by atoms with Crippen LogP contribution < -0.4 is 20.3 Å². The summed E-state index contributed by atoms with van der Waals surface area (Å²) >= 11 is 0. The smallest absolute Gasteiger partial charge is 0.255 e. The molecular formula is C23H27N5O3. The van der Waals surface area contributed by atoms with Crippen LogP contribution in [0.3, 0.4) is 0 Å². The Hall–Kier alpha value is -3.39. The van der Waals surface area contributed by atoms with Crippen molar-refractivity contribution in [1.82, 2.24) is 15.3 Å². The fourth-order valence-electron chi connectivity index (χ4n) is 3.63. The number of hydrogen-bond acceptors (Lipinski definition) is 7. The first-order valence-corrected chi connectivity index (χ1v) is 10.6. The van der Waals surface area contributed by atoms with Gasteiger partial charge in [0.25, 0.3) is 5.91 Å². The monoisotopic (exact) mass is 421 g/mol. The summed E-state index contributed by atoms with van der Waals surface area (Å²) in [5.74, 6) is 2.05. The van der Waals surface area contributed by atoms with E-state index in [9.17, 15) is 4.79 Å². The highest BCUT2D eigenvalue weighted by atomic mass is 16.5. The van der Waals surface area contributed by atoms with Crippen molar-refractivity contribution in [3.63, 3.8) is 0 Å². The third kappa shape index (κ3) is 5.03. The van der Waals surface area contributed by atoms with E-state index in [1.54, 1.807) is 6.33 Å². The standard InChI is InChI=1S/C23H27N5O3/c1-2-31-19-8-7-17-5-3-4-6-18(17)22(19)23(29)25-10-9-24-20-15-21(27-16-26-20)28-11-13-30-14-12-28/h3-8,15-16H,2,9-14H2,1H3,(H,25,29)(H,24,26,27). The van der Waals surface area contributed by atoms with E-state index in [0.29, 0.717) is 44.2 Å². The third-order valence-electron chi connectivity index (χ3n) is 5.12. The number of nitrogens with zero attached hydrogens (tertiary/aromatic N) is 3. The van der Waals surface area contributed by atoms with Gasteiger partial charge in [0.2, 0.25) is 0 Å². The van der Waals surface area contributed by atoms with Gasteiger partial charge in [-0.3, -0.25) is 4.79 Å². The van der Waals surface area contributed by atoms with E-state index < -0.39 is 0 Å². The Labute approximate surface area is 181 Å². The molecule has 0 saturated carbocycles. The number of morpholine rings is 1. The molecule has 4 rings (SSSR count). The molecule has 162 valence electrons. The van der Waals surface area contributed by atoms with Crippen LogP contribution in [0.25, 0.3) is 10.8 Å². The van der Waals surface area contributed by atoms with Crippen LogP contribution in [0.15, 0.2) is 48.8 Å². The fraction of sp³-hybridized carbons (Fsp3) is 0.348. The SMILES string of the molecule is CCOc1ccc2ccccc2c1C(=O)NCCNc1cc(N2CCOCC2)ncn1. The molecule has 3 aromatic rings. The third-order valence-corrected chi connectivity index (χ3v) is 5.12. The second-order valence-corrected chi connectivity index (χ2v) is 7.14. The summed E-state index contributed by atoms with van der Waals surface area (Å²) in [7, 11) is 0. The Morgan fingerprint density at radius 1 is 1.13 bits per heavy atom. The maximum absolute atomic E-state index is 13.0. The fourth-order valence-corrected chi connectivity index (χ4v) is 3.63. The molecule has 1 aromatic heterocycles. The molecule has 0 radical (unpaired) electrons. The van der Waals surface area contributed by atoms with Crippen LogP contribution in [0.4, 0.5) is 11.6 Å². The predicted molar refractivity (Wildman–Crippen MR) is 121 cm³/mol. The first-order valence-electron chi connectivity index (χ1n) is 10.6. The lowest BCUT2D eigenvalue weighted by atomic mass is 10.0. The Balaban J connectivity index is 1.37.